The molecule has 1 aliphatic carbocycles. The molecule has 1 saturated carbocycles. The smallest absolute Gasteiger partial charge is 0.0637 e. The summed E-state index contributed by atoms with van der Waals surface area (Å²) < 4.78 is 5.23. The summed E-state index contributed by atoms with van der Waals surface area (Å²) in [6.45, 7) is 7.23. The van der Waals surface area contributed by atoms with Gasteiger partial charge in [0.15, 0.2) is 0 Å². The largest absolute Gasteiger partial charge is 0.383 e. The minimum Gasteiger partial charge on any atom is -0.383 e. The number of benzene rings is 1. The number of ether oxygens (including phenoxy) is 1. The number of nitrogens with zero attached hydrogens (tertiary/aromatic N) is 1. The first kappa shape index (κ1) is 15.3. The summed E-state index contributed by atoms with van der Waals surface area (Å²) in [4.78, 5) is 2.43. The average Bonchev–Trinajstić information content (AvgIpc) is 3.30. The Morgan fingerprint density at radius 3 is 2.55 bits per heavy atom. The van der Waals surface area contributed by atoms with E-state index in [1.807, 2.05) is 0 Å². The molecule has 3 nitrogen and oxygen atoms in total. The van der Waals surface area contributed by atoms with Gasteiger partial charge in [-0.25, -0.2) is 0 Å². The normalized spacial score (nSPS) is 16.1. The molecule has 0 amide bonds. The first-order valence-corrected chi connectivity index (χ1v) is 7.82. The van der Waals surface area contributed by atoms with Crippen LogP contribution in [0.5, 0.6) is 0 Å². The fourth-order valence-corrected chi connectivity index (χ4v) is 2.37. The first-order chi connectivity index (χ1) is 9.74. The minimum atomic E-state index is 0.542. The first-order valence-electron chi connectivity index (χ1n) is 7.82. The number of anilines is 1. The van der Waals surface area contributed by atoms with Gasteiger partial charge in [0.2, 0.25) is 0 Å². The molecule has 0 aromatic heterocycles. The molecule has 0 heterocycles. The third-order valence-electron chi connectivity index (χ3n) is 4.10. The van der Waals surface area contributed by atoms with Gasteiger partial charge >= 0.3 is 0 Å². The SMILES string of the molecule is CCC(C)N(CCOC)c1ccc(CNC2CC2)cc1. The van der Waals surface area contributed by atoms with Crippen LogP contribution in [0, 0.1) is 0 Å². The quantitative estimate of drug-likeness (QED) is 0.749. The second kappa shape index (κ2) is 7.65. The fourth-order valence-electron chi connectivity index (χ4n) is 2.37. The lowest BCUT2D eigenvalue weighted by atomic mass is 10.1. The molecule has 1 N–H and O–H groups in total. The zero-order chi connectivity index (χ0) is 14.4. The van der Waals surface area contributed by atoms with Gasteiger partial charge in [-0.05, 0) is 43.9 Å². The molecule has 1 atom stereocenters. The molecule has 3 heteroatoms. The van der Waals surface area contributed by atoms with Gasteiger partial charge in [0.25, 0.3) is 0 Å². The Kier molecular flexibility index (Phi) is 5.86. The third kappa shape index (κ3) is 4.50. The minimum absolute atomic E-state index is 0.542. The van der Waals surface area contributed by atoms with Crippen LogP contribution in [0.4, 0.5) is 5.69 Å². The Balaban J connectivity index is 1.96. The molecule has 1 aromatic rings. The van der Waals surface area contributed by atoms with E-state index < -0.39 is 0 Å². The highest BCUT2D eigenvalue weighted by molar-refractivity contribution is 5.48. The van der Waals surface area contributed by atoms with Crippen LogP contribution in [0.25, 0.3) is 0 Å². The van der Waals surface area contributed by atoms with Crippen molar-refractivity contribution >= 4 is 5.69 Å². The Bertz CT molecular complexity index is 386. The Morgan fingerprint density at radius 2 is 2.00 bits per heavy atom. The highest BCUT2D eigenvalue weighted by atomic mass is 16.5. The molecule has 1 unspecified atom stereocenters. The van der Waals surface area contributed by atoms with Crippen LogP contribution in [0.2, 0.25) is 0 Å². The summed E-state index contributed by atoms with van der Waals surface area (Å²) in [7, 11) is 1.77. The van der Waals surface area contributed by atoms with E-state index in [2.05, 4.69) is 48.3 Å². The molecule has 0 spiro atoms. The average molecular weight is 276 g/mol. The van der Waals surface area contributed by atoms with Gasteiger partial charge < -0.3 is 15.0 Å². The summed E-state index contributed by atoms with van der Waals surface area (Å²) >= 11 is 0. The van der Waals surface area contributed by atoms with Crippen LogP contribution >= 0.6 is 0 Å². The number of hydrogen-bond donors (Lipinski definition) is 1. The molecule has 0 bridgehead atoms. The number of nitrogens with one attached hydrogen (secondary N) is 1. The van der Waals surface area contributed by atoms with Crippen molar-refractivity contribution in [2.24, 2.45) is 0 Å². The molecule has 0 aliphatic heterocycles. The van der Waals surface area contributed by atoms with Crippen molar-refractivity contribution in [3.8, 4) is 0 Å². The van der Waals surface area contributed by atoms with E-state index in [1.54, 1.807) is 7.11 Å². The van der Waals surface area contributed by atoms with E-state index in [1.165, 1.54) is 24.1 Å². The van der Waals surface area contributed by atoms with E-state index >= 15 is 0 Å². The van der Waals surface area contributed by atoms with Crippen molar-refractivity contribution in [2.75, 3.05) is 25.2 Å². The summed E-state index contributed by atoms with van der Waals surface area (Å²) in [5.74, 6) is 0. The van der Waals surface area contributed by atoms with Gasteiger partial charge in [0, 0.05) is 38.0 Å². The molecule has 20 heavy (non-hydrogen) atoms. The van der Waals surface area contributed by atoms with Gasteiger partial charge in [-0.3, -0.25) is 0 Å². The van der Waals surface area contributed by atoms with Crippen LogP contribution in [-0.2, 0) is 11.3 Å². The van der Waals surface area contributed by atoms with E-state index in [9.17, 15) is 0 Å². The van der Waals surface area contributed by atoms with Crippen LogP contribution in [0.3, 0.4) is 0 Å². The maximum absolute atomic E-state index is 5.23. The van der Waals surface area contributed by atoms with Crippen LogP contribution in [0.15, 0.2) is 24.3 Å². The van der Waals surface area contributed by atoms with Gasteiger partial charge in [0.05, 0.1) is 6.61 Å². The van der Waals surface area contributed by atoms with Crippen molar-refractivity contribution in [2.45, 2.75) is 51.7 Å². The molecule has 0 saturated heterocycles. The highest BCUT2D eigenvalue weighted by Gasteiger charge is 2.20. The van der Waals surface area contributed by atoms with Crippen LogP contribution < -0.4 is 10.2 Å². The van der Waals surface area contributed by atoms with E-state index in [0.29, 0.717) is 6.04 Å². The van der Waals surface area contributed by atoms with Crippen molar-refractivity contribution in [3.05, 3.63) is 29.8 Å². The number of hydrogen-bond acceptors (Lipinski definition) is 3. The second-order valence-corrected chi connectivity index (χ2v) is 5.77. The lowest BCUT2D eigenvalue weighted by Crippen LogP contribution is -2.35. The molecule has 0 radical (unpaired) electrons. The molecule has 112 valence electrons. The second-order valence-electron chi connectivity index (χ2n) is 5.77. The van der Waals surface area contributed by atoms with E-state index in [0.717, 1.165) is 32.2 Å². The summed E-state index contributed by atoms with van der Waals surface area (Å²) in [5, 5.41) is 3.56. The van der Waals surface area contributed by atoms with Gasteiger partial charge in [-0.2, -0.15) is 0 Å². The summed E-state index contributed by atoms with van der Waals surface area (Å²) in [5.41, 5.74) is 2.67. The molecular weight excluding hydrogens is 248 g/mol. The van der Waals surface area contributed by atoms with Crippen molar-refractivity contribution in [1.82, 2.24) is 5.32 Å². The molecule has 2 rings (SSSR count). The standard InChI is InChI=1S/C17H28N2O/c1-4-14(2)19(11-12-20-3)17-9-5-15(6-10-17)13-18-16-7-8-16/h5-6,9-10,14,16,18H,4,7-8,11-13H2,1-3H3. The van der Waals surface area contributed by atoms with Gasteiger partial charge in [-0.1, -0.05) is 19.1 Å². The summed E-state index contributed by atoms with van der Waals surface area (Å²) in [6.07, 6.45) is 3.84. The molecule has 1 aliphatic rings. The number of methoxy groups -OCH3 is 1. The zero-order valence-corrected chi connectivity index (χ0v) is 13.1. The van der Waals surface area contributed by atoms with Gasteiger partial charge in [-0.15, -0.1) is 0 Å². The number of rotatable bonds is 9. The zero-order valence-electron chi connectivity index (χ0n) is 13.1. The van der Waals surface area contributed by atoms with Crippen molar-refractivity contribution in [1.29, 1.82) is 0 Å². The molecule has 1 aromatic carbocycles. The molecule has 1 fully saturated rings. The Morgan fingerprint density at radius 1 is 1.30 bits per heavy atom. The van der Waals surface area contributed by atoms with E-state index in [4.69, 9.17) is 4.74 Å². The highest BCUT2D eigenvalue weighted by Crippen LogP contribution is 2.21. The Labute approximate surface area is 123 Å². The van der Waals surface area contributed by atoms with Gasteiger partial charge in [0.1, 0.15) is 0 Å². The maximum atomic E-state index is 5.23. The summed E-state index contributed by atoms with van der Waals surface area (Å²) in [6, 6.07) is 10.3. The van der Waals surface area contributed by atoms with E-state index in [-0.39, 0.29) is 0 Å². The predicted molar refractivity (Wildman–Crippen MR) is 85.3 cm³/mol. The lowest BCUT2D eigenvalue weighted by Gasteiger charge is -2.30. The van der Waals surface area contributed by atoms with Crippen LogP contribution in [-0.4, -0.2) is 32.3 Å². The third-order valence-corrected chi connectivity index (χ3v) is 4.10. The molecular formula is C17H28N2O. The Hall–Kier alpha value is -1.06. The maximum Gasteiger partial charge on any atom is 0.0637 e. The van der Waals surface area contributed by atoms with Crippen molar-refractivity contribution in [3.63, 3.8) is 0 Å². The fraction of sp³-hybridized carbons (Fsp3) is 0.647. The monoisotopic (exact) mass is 276 g/mol. The lowest BCUT2D eigenvalue weighted by molar-refractivity contribution is 0.203. The van der Waals surface area contributed by atoms with Crippen molar-refractivity contribution < 1.29 is 4.74 Å². The van der Waals surface area contributed by atoms with Crippen LogP contribution in [0.1, 0.15) is 38.7 Å². The topological polar surface area (TPSA) is 24.5 Å². The predicted octanol–water partition coefficient (Wildman–Crippen LogP) is 3.19.